The number of esters is 1. The van der Waals surface area contributed by atoms with Gasteiger partial charge >= 0.3 is 5.97 Å². The van der Waals surface area contributed by atoms with Crippen LogP contribution in [0.25, 0.3) is 0 Å². The van der Waals surface area contributed by atoms with E-state index in [1.807, 2.05) is 45.0 Å². The Kier molecular flexibility index (Phi) is 6.52. The third kappa shape index (κ3) is 7.14. The van der Waals surface area contributed by atoms with Crippen molar-refractivity contribution in [3.63, 3.8) is 0 Å². The van der Waals surface area contributed by atoms with Crippen LogP contribution in [0, 0.1) is 0 Å². The van der Waals surface area contributed by atoms with Crippen LogP contribution in [0.2, 0.25) is 0 Å². The lowest BCUT2D eigenvalue weighted by Crippen LogP contribution is -2.23. The minimum Gasteiger partial charge on any atom is -0.497 e. The van der Waals surface area contributed by atoms with Gasteiger partial charge in [-0.05, 0) is 44.9 Å². The summed E-state index contributed by atoms with van der Waals surface area (Å²) in [6.07, 6.45) is 1.06. The smallest absolute Gasteiger partial charge is 0.306 e. The Balaban J connectivity index is 2.14. The van der Waals surface area contributed by atoms with Gasteiger partial charge in [-0.1, -0.05) is 12.1 Å². The summed E-state index contributed by atoms with van der Waals surface area (Å²) in [7, 11) is 1.64. The van der Waals surface area contributed by atoms with Gasteiger partial charge in [0.25, 0.3) is 0 Å². The molecule has 0 amide bonds. The second kappa shape index (κ2) is 7.90. The van der Waals surface area contributed by atoms with Gasteiger partial charge < -0.3 is 14.2 Å². The van der Waals surface area contributed by atoms with Crippen molar-refractivity contribution in [1.29, 1.82) is 0 Å². The normalized spacial score (nSPS) is 11.2. The molecule has 1 rings (SSSR count). The first-order valence-corrected chi connectivity index (χ1v) is 6.83. The highest BCUT2D eigenvalue weighted by atomic mass is 16.6. The Morgan fingerprint density at radius 2 is 1.80 bits per heavy atom. The fraction of sp³-hybridized carbons (Fsp3) is 0.562. The molecule has 4 nitrogen and oxygen atoms in total. The Bertz CT molecular complexity index is 403. The van der Waals surface area contributed by atoms with Crippen molar-refractivity contribution >= 4 is 5.97 Å². The number of carbonyl (C=O) groups excluding carboxylic acids is 1. The Morgan fingerprint density at radius 1 is 1.15 bits per heavy atom. The van der Waals surface area contributed by atoms with Crippen molar-refractivity contribution in [3.8, 4) is 5.75 Å². The van der Waals surface area contributed by atoms with E-state index >= 15 is 0 Å². The molecule has 20 heavy (non-hydrogen) atoms. The maximum absolute atomic E-state index is 11.5. The maximum Gasteiger partial charge on any atom is 0.306 e. The lowest BCUT2D eigenvalue weighted by Gasteiger charge is -2.19. The number of hydrogen-bond donors (Lipinski definition) is 0. The zero-order chi connectivity index (χ0) is 15.0. The average Bonchev–Trinajstić information content (AvgIpc) is 2.37. The molecule has 4 heteroatoms. The average molecular weight is 280 g/mol. The number of rotatable bonds is 7. The minimum atomic E-state index is -0.416. The molecule has 0 aromatic heterocycles. The van der Waals surface area contributed by atoms with Gasteiger partial charge in [0, 0.05) is 13.0 Å². The first kappa shape index (κ1) is 16.5. The van der Waals surface area contributed by atoms with E-state index in [-0.39, 0.29) is 5.97 Å². The first-order chi connectivity index (χ1) is 9.40. The van der Waals surface area contributed by atoms with E-state index in [0.29, 0.717) is 26.1 Å². The van der Waals surface area contributed by atoms with Crippen molar-refractivity contribution in [2.24, 2.45) is 0 Å². The van der Waals surface area contributed by atoms with E-state index in [1.54, 1.807) is 7.11 Å². The molecule has 0 aliphatic carbocycles. The third-order valence-corrected chi connectivity index (χ3v) is 2.52. The van der Waals surface area contributed by atoms with E-state index in [4.69, 9.17) is 14.2 Å². The second-order valence-electron chi connectivity index (χ2n) is 5.59. The SMILES string of the molecule is COc1ccc(COCCCC(=O)OC(C)(C)C)cc1. The molecule has 1 aromatic carbocycles. The number of benzene rings is 1. The maximum atomic E-state index is 11.5. The van der Waals surface area contributed by atoms with Crippen LogP contribution in [-0.4, -0.2) is 25.3 Å². The Labute approximate surface area is 121 Å². The molecule has 0 saturated carbocycles. The van der Waals surface area contributed by atoms with E-state index in [1.165, 1.54) is 0 Å². The number of hydrogen-bond acceptors (Lipinski definition) is 4. The number of ether oxygens (including phenoxy) is 3. The quantitative estimate of drug-likeness (QED) is 0.567. The van der Waals surface area contributed by atoms with Gasteiger partial charge in [0.05, 0.1) is 13.7 Å². The van der Waals surface area contributed by atoms with Crippen molar-refractivity contribution in [3.05, 3.63) is 29.8 Å². The van der Waals surface area contributed by atoms with Crippen LogP contribution in [0.3, 0.4) is 0 Å². The molecule has 0 aliphatic heterocycles. The van der Waals surface area contributed by atoms with Crippen LogP contribution in [0.1, 0.15) is 39.2 Å². The molecule has 0 aliphatic rings. The molecule has 0 fully saturated rings. The number of carbonyl (C=O) groups is 1. The van der Waals surface area contributed by atoms with E-state index < -0.39 is 5.60 Å². The Morgan fingerprint density at radius 3 is 2.35 bits per heavy atom. The highest BCUT2D eigenvalue weighted by Crippen LogP contribution is 2.12. The fourth-order valence-corrected chi connectivity index (χ4v) is 1.62. The van der Waals surface area contributed by atoms with Crippen molar-refractivity contribution in [2.75, 3.05) is 13.7 Å². The summed E-state index contributed by atoms with van der Waals surface area (Å²) < 4.78 is 15.8. The summed E-state index contributed by atoms with van der Waals surface area (Å²) in [4.78, 5) is 11.5. The largest absolute Gasteiger partial charge is 0.497 e. The van der Waals surface area contributed by atoms with Crippen LogP contribution in [0.15, 0.2) is 24.3 Å². The van der Waals surface area contributed by atoms with Gasteiger partial charge in [-0.2, -0.15) is 0 Å². The van der Waals surface area contributed by atoms with Gasteiger partial charge in [-0.15, -0.1) is 0 Å². The van der Waals surface area contributed by atoms with Gasteiger partial charge in [-0.3, -0.25) is 4.79 Å². The molecule has 1 aromatic rings. The van der Waals surface area contributed by atoms with Crippen LogP contribution in [0.5, 0.6) is 5.75 Å². The summed E-state index contributed by atoms with van der Waals surface area (Å²) in [6.45, 7) is 6.69. The second-order valence-corrected chi connectivity index (χ2v) is 5.59. The van der Waals surface area contributed by atoms with Gasteiger partial charge in [0.1, 0.15) is 11.4 Å². The predicted molar refractivity (Wildman–Crippen MR) is 77.7 cm³/mol. The lowest BCUT2D eigenvalue weighted by atomic mass is 10.2. The van der Waals surface area contributed by atoms with E-state index in [2.05, 4.69) is 0 Å². The Hall–Kier alpha value is -1.55. The molecule has 0 bridgehead atoms. The van der Waals surface area contributed by atoms with Crippen LogP contribution >= 0.6 is 0 Å². The summed E-state index contributed by atoms with van der Waals surface area (Å²) in [5.74, 6) is 0.657. The predicted octanol–water partition coefficient (Wildman–Crippen LogP) is 3.33. The molecular formula is C16H24O4. The van der Waals surface area contributed by atoms with Crippen molar-refractivity contribution in [2.45, 2.75) is 45.8 Å². The summed E-state index contributed by atoms with van der Waals surface area (Å²) in [6, 6.07) is 7.73. The molecule has 0 radical (unpaired) electrons. The van der Waals surface area contributed by atoms with Gasteiger partial charge in [0.2, 0.25) is 0 Å². The first-order valence-electron chi connectivity index (χ1n) is 6.83. The van der Waals surface area contributed by atoms with Crippen LogP contribution in [0.4, 0.5) is 0 Å². The summed E-state index contributed by atoms with van der Waals surface area (Å²) >= 11 is 0. The zero-order valence-electron chi connectivity index (χ0n) is 12.8. The molecule has 0 saturated heterocycles. The third-order valence-electron chi connectivity index (χ3n) is 2.52. The minimum absolute atomic E-state index is 0.175. The highest BCUT2D eigenvalue weighted by molar-refractivity contribution is 5.69. The molecule has 0 spiro atoms. The standard InChI is InChI=1S/C16H24O4/c1-16(2,3)20-15(17)6-5-11-19-12-13-7-9-14(18-4)10-8-13/h7-10H,5-6,11-12H2,1-4H3. The van der Waals surface area contributed by atoms with E-state index in [9.17, 15) is 4.79 Å². The van der Waals surface area contributed by atoms with Crippen molar-refractivity contribution in [1.82, 2.24) is 0 Å². The number of methoxy groups -OCH3 is 1. The van der Waals surface area contributed by atoms with Gasteiger partial charge in [0.15, 0.2) is 0 Å². The molecule has 0 unspecified atom stereocenters. The zero-order valence-corrected chi connectivity index (χ0v) is 12.8. The topological polar surface area (TPSA) is 44.8 Å². The monoisotopic (exact) mass is 280 g/mol. The van der Waals surface area contributed by atoms with E-state index in [0.717, 1.165) is 11.3 Å². The van der Waals surface area contributed by atoms with Crippen LogP contribution < -0.4 is 4.74 Å². The molecule has 0 heterocycles. The molecule has 0 N–H and O–H groups in total. The van der Waals surface area contributed by atoms with Crippen molar-refractivity contribution < 1.29 is 19.0 Å². The highest BCUT2D eigenvalue weighted by Gasteiger charge is 2.15. The summed E-state index contributed by atoms with van der Waals surface area (Å²) in [5.41, 5.74) is 0.671. The molecular weight excluding hydrogens is 256 g/mol. The van der Waals surface area contributed by atoms with Gasteiger partial charge in [-0.25, -0.2) is 0 Å². The summed E-state index contributed by atoms with van der Waals surface area (Å²) in [5, 5.41) is 0. The molecule has 0 atom stereocenters. The van der Waals surface area contributed by atoms with Crippen LogP contribution in [-0.2, 0) is 20.9 Å². The molecule has 112 valence electrons. The lowest BCUT2D eigenvalue weighted by molar-refractivity contribution is -0.155. The fourth-order valence-electron chi connectivity index (χ4n) is 1.62.